The summed E-state index contributed by atoms with van der Waals surface area (Å²) >= 11 is 1.50. The van der Waals surface area contributed by atoms with Crippen LogP contribution in [0.3, 0.4) is 0 Å². The molecule has 0 N–H and O–H groups in total. The molecular formula is C24H24ClN5O3S. The van der Waals surface area contributed by atoms with Gasteiger partial charge in [0.2, 0.25) is 0 Å². The summed E-state index contributed by atoms with van der Waals surface area (Å²) in [6, 6.07) is 10.3. The van der Waals surface area contributed by atoms with Crippen LogP contribution < -0.4 is 4.90 Å². The van der Waals surface area contributed by atoms with Gasteiger partial charge in [-0.05, 0) is 49.1 Å². The Bertz CT molecular complexity index is 1330. The standard InChI is InChI=1S/C24H23N5O3S.ClH/c1-17-13-18(2)23-21(14-17)26-24(33-23)28(11-4-10-27-12-9-25-16-27)22(30)8-7-19-5-3-6-20(15-19)29(31)32;/h3,5-9,12-16H,4,10-11H2,1-2H3;1H/b8-7+;. The fraction of sp³-hybridized carbons (Fsp3) is 0.208. The molecule has 8 nitrogen and oxygen atoms in total. The van der Waals surface area contributed by atoms with Crippen molar-refractivity contribution in [1.29, 1.82) is 0 Å². The number of amides is 1. The van der Waals surface area contributed by atoms with Crippen LogP contribution >= 0.6 is 23.7 Å². The molecule has 0 fully saturated rings. The van der Waals surface area contributed by atoms with Crippen molar-refractivity contribution in [2.45, 2.75) is 26.8 Å². The van der Waals surface area contributed by atoms with E-state index in [9.17, 15) is 14.9 Å². The zero-order valence-electron chi connectivity index (χ0n) is 18.7. The molecule has 1 amide bonds. The van der Waals surface area contributed by atoms with Crippen molar-refractivity contribution < 1.29 is 9.72 Å². The van der Waals surface area contributed by atoms with Crippen LogP contribution in [0.25, 0.3) is 16.3 Å². The fourth-order valence-electron chi connectivity index (χ4n) is 3.61. The normalized spacial score (nSPS) is 11.0. The van der Waals surface area contributed by atoms with Crippen LogP contribution in [0.1, 0.15) is 23.1 Å². The lowest BCUT2D eigenvalue weighted by Crippen LogP contribution is -2.30. The Morgan fingerprint density at radius 2 is 2.09 bits per heavy atom. The molecule has 0 unspecified atom stereocenters. The topological polar surface area (TPSA) is 94.2 Å². The number of non-ortho nitro benzene ring substituents is 1. The maximum atomic E-state index is 13.2. The summed E-state index contributed by atoms with van der Waals surface area (Å²) in [5.74, 6) is -0.222. The zero-order chi connectivity index (χ0) is 23.4. The Morgan fingerprint density at radius 3 is 2.82 bits per heavy atom. The summed E-state index contributed by atoms with van der Waals surface area (Å²) in [7, 11) is 0. The number of nitrogens with zero attached hydrogens (tertiary/aromatic N) is 5. The second-order valence-corrected chi connectivity index (χ2v) is 8.73. The largest absolute Gasteiger partial charge is 0.337 e. The first kappa shape index (κ1) is 25.1. The number of hydrogen-bond acceptors (Lipinski definition) is 6. The van der Waals surface area contributed by atoms with E-state index in [1.54, 1.807) is 35.6 Å². The van der Waals surface area contributed by atoms with Gasteiger partial charge in [-0.2, -0.15) is 0 Å². The monoisotopic (exact) mass is 497 g/mol. The molecule has 0 aliphatic rings. The van der Waals surface area contributed by atoms with E-state index in [1.807, 2.05) is 30.7 Å². The molecule has 4 aromatic rings. The number of carbonyl (C=O) groups is 1. The van der Waals surface area contributed by atoms with E-state index in [4.69, 9.17) is 4.98 Å². The highest BCUT2D eigenvalue weighted by Crippen LogP contribution is 2.32. The molecule has 176 valence electrons. The molecule has 0 radical (unpaired) electrons. The summed E-state index contributed by atoms with van der Waals surface area (Å²) in [4.78, 5) is 34.3. The van der Waals surface area contributed by atoms with E-state index in [2.05, 4.69) is 11.1 Å². The van der Waals surface area contributed by atoms with Gasteiger partial charge in [-0.25, -0.2) is 9.97 Å². The second-order valence-electron chi connectivity index (χ2n) is 7.76. The minimum absolute atomic E-state index is 0. The lowest BCUT2D eigenvalue weighted by molar-refractivity contribution is -0.384. The average molecular weight is 498 g/mol. The van der Waals surface area contributed by atoms with E-state index >= 15 is 0 Å². The quantitative estimate of drug-likeness (QED) is 0.180. The van der Waals surface area contributed by atoms with Crippen LogP contribution in [-0.4, -0.2) is 31.9 Å². The molecule has 0 bridgehead atoms. The molecule has 4 rings (SSSR count). The molecule has 0 atom stereocenters. The zero-order valence-corrected chi connectivity index (χ0v) is 20.4. The highest BCUT2D eigenvalue weighted by Gasteiger charge is 2.19. The van der Waals surface area contributed by atoms with Crippen LogP contribution in [0.15, 0.2) is 61.2 Å². The predicted molar refractivity (Wildman–Crippen MR) is 138 cm³/mol. The number of fused-ring (bicyclic) bond motifs is 1. The number of nitro groups is 1. The van der Waals surface area contributed by atoms with Gasteiger partial charge in [-0.3, -0.25) is 19.8 Å². The molecule has 2 heterocycles. The van der Waals surface area contributed by atoms with E-state index in [-0.39, 0.29) is 24.0 Å². The number of nitro benzene ring substituents is 1. The molecule has 0 aliphatic heterocycles. The number of imidazole rings is 1. The van der Waals surface area contributed by atoms with Gasteiger partial charge >= 0.3 is 0 Å². The maximum absolute atomic E-state index is 13.2. The first-order valence-corrected chi connectivity index (χ1v) is 11.3. The Morgan fingerprint density at radius 1 is 1.26 bits per heavy atom. The van der Waals surface area contributed by atoms with Gasteiger partial charge in [0.1, 0.15) is 0 Å². The number of hydrogen-bond donors (Lipinski definition) is 0. The number of thiazole rings is 1. The summed E-state index contributed by atoms with van der Waals surface area (Å²) in [5, 5.41) is 11.7. The molecule has 0 saturated carbocycles. The molecule has 10 heteroatoms. The lowest BCUT2D eigenvalue weighted by Gasteiger charge is -2.18. The first-order valence-electron chi connectivity index (χ1n) is 10.5. The summed E-state index contributed by atoms with van der Waals surface area (Å²) in [5.41, 5.74) is 3.71. The maximum Gasteiger partial charge on any atom is 0.270 e. The number of benzene rings is 2. The smallest absolute Gasteiger partial charge is 0.270 e. The molecule has 2 aromatic heterocycles. The van der Waals surface area contributed by atoms with Crippen molar-refractivity contribution in [2.75, 3.05) is 11.4 Å². The third-order valence-corrected chi connectivity index (χ3v) is 6.39. The average Bonchev–Trinajstić information content (AvgIpc) is 3.45. The van der Waals surface area contributed by atoms with Gasteiger partial charge in [0.15, 0.2) is 5.13 Å². The number of halogens is 1. The third kappa shape index (κ3) is 5.86. The number of anilines is 1. The molecule has 34 heavy (non-hydrogen) atoms. The summed E-state index contributed by atoms with van der Waals surface area (Å²) in [6.07, 6.45) is 9.13. The molecule has 2 aromatic carbocycles. The van der Waals surface area contributed by atoms with E-state index in [0.717, 1.165) is 34.3 Å². The minimum Gasteiger partial charge on any atom is -0.337 e. The van der Waals surface area contributed by atoms with Crippen molar-refractivity contribution in [1.82, 2.24) is 14.5 Å². The van der Waals surface area contributed by atoms with Crippen molar-refractivity contribution in [3.63, 3.8) is 0 Å². The number of carbonyl (C=O) groups excluding carboxylic acids is 1. The van der Waals surface area contributed by atoms with Crippen molar-refractivity contribution >= 4 is 56.8 Å². The van der Waals surface area contributed by atoms with Gasteiger partial charge < -0.3 is 4.57 Å². The van der Waals surface area contributed by atoms with Crippen molar-refractivity contribution in [2.24, 2.45) is 0 Å². The van der Waals surface area contributed by atoms with Gasteiger partial charge in [-0.1, -0.05) is 29.5 Å². The SMILES string of the molecule is Cc1cc(C)c2sc(N(CCCn3ccnc3)C(=O)/C=C/c3cccc([N+](=O)[O-])c3)nc2c1.Cl. The summed E-state index contributed by atoms with van der Waals surface area (Å²) in [6.45, 7) is 5.28. The fourth-order valence-corrected chi connectivity index (χ4v) is 4.66. The highest BCUT2D eigenvalue weighted by atomic mass is 35.5. The van der Waals surface area contributed by atoms with E-state index in [0.29, 0.717) is 17.2 Å². The first-order chi connectivity index (χ1) is 15.9. The lowest BCUT2D eigenvalue weighted by atomic mass is 10.1. The number of aromatic nitrogens is 3. The molecule has 0 spiro atoms. The van der Waals surface area contributed by atoms with Crippen molar-refractivity contribution in [3.8, 4) is 0 Å². The van der Waals surface area contributed by atoms with Crippen molar-refractivity contribution in [3.05, 3.63) is 88.0 Å². The second kappa shape index (κ2) is 11.0. The van der Waals surface area contributed by atoms with Crippen LogP contribution in [-0.2, 0) is 11.3 Å². The van der Waals surface area contributed by atoms with E-state index in [1.165, 1.54) is 29.5 Å². The third-order valence-electron chi connectivity index (χ3n) is 5.16. The molecular weight excluding hydrogens is 474 g/mol. The molecule has 0 saturated heterocycles. The Hall–Kier alpha value is -3.56. The molecule has 0 aliphatic carbocycles. The van der Waals surface area contributed by atoms with Crippen LogP contribution in [0.2, 0.25) is 0 Å². The van der Waals surface area contributed by atoms with Crippen LogP contribution in [0.4, 0.5) is 10.8 Å². The number of rotatable bonds is 8. The Balaban J connectivity index is 0.00000324. The summed E-state index contributed by atoms with van der Waals surface area (Å²) < 4.78 is 3.03. The van der Waals surface area contributed by atoms with Crippen LogP contribution in [0.5, 0.6) is 0 Å². The minimum atomic E-state index is -0.451. The Kier molecular flexibility index (Phi) is 8.14. The predicted octanol–water partition coefficient (Wildman–Crippen LogP) is 5.58. The van der Waals surface area contributed by atoms with Gasteiger partial charge in [0, 0.05) is 43.7 Å². The highest BCUT2D eigenvalue weighted by molar-refractivity contribution is 7.22. The van der Waals surface area contributed by atoms with Crippen LogP contribution in [0, 0.1) is 24.0 Å². The van der Waals surface area contributed by atoms with Gasteiger partial charge in [-0.15, -0.1) is 12.4 Å². The van der Waals surface area contributed by atoms with E-state index < -0.39 is 4.92 Å². The number of aryl methyl sites for hydroxylation is 3. The van der Waals surface area contributed by atoms with Gasteiger partial charge in [0.05, 0.1) is 21.5 Å². The van der Waals surface area contributed by atoms with Gasteiger partial charge in [0.25, 0.3) is 11.6 Å². The Labute approximate surface area is 207 Å².